The third-order valence-electron chi connectivity index (χ3n) is 6.01. The van der Waals surface area contributed by atoms with Crippen molar-refractivity contribution in [1.29, 1.82) is 0 Å². The Morgan fingerprint density at radius 2 is 1.96 bits per heavy atom. The second kappa shape index (κ2) is 5.95. The summed E-state index contributed by atoms with van der Waals surface area (Å²) in [6.45, 7) is 2.44. The molecule has 1 aromatic carbocycles. The molecule has 1 aromatic rings. The van der Waals surface area contributed by atoms with E-state index in [4.69, 9.17) is 9.47 Å². The number of Topliss-reactive ketones (excluding diaryl/α,β-unsaturated/α-hetero) is 1. The van der Waals surface area contributed by atoms with Crippen molar-refractivity contribution < 1.29 is 19.1 Å². The van der Waals surface area contributed by atoms with E-state index >= 15 is 0 Å². The van der Waals surface area contributed by atoms with Gasteiger partial charge in [-0.15, -0.1) is 0 Å². The average molecular weight is 338 g/mol. The first-order valence-electron chi connectivity index (χ1n) is 8.74. The number of carbonyl (C=O) groups is 2. The molecule has 0 radical (unpaired) electrons. The first-order valence-corrected chi connectivity index (χ1v) is 8.74. The first kappa shape index (κ1) is 16.3. The van der Waals surface area contributed by atoms with E-state index in [9.17, 15) is 9.59 Å². The van der Waals surface area contributed by atoms with Crippen LogP contribution in [-0.2, 0) is 19.1 Å². The van der Waals surface area contributed by atoms with Gasteiger partial charge in [-0.3, -0.25) is 9.59 Å². The number of ketones is 2. The van der Waals surface area contributed by atoms with E-state index in [1.165, 1.54) is 13.2 Å². The van der Waals surface area contributed by atoms with Crippen LogP contribution < -0.4 is 0 Å². The van der Waals surface area contributed by atoms with Crippen LogP contribution in [0.25, 0.3) is 0 Å². The molecular formula is C21H22O4. The molecule has 1 saturated heterocycles. The van der Waals surface area contributed by atoms with Crippen LogP contribution in [0.15, 0.2) is 53.8 Å². The standard InChI is InChI=1S/C21H22O4/c1-21-9-8-14-12-25-16(13-6-4-3-5-7-13)10-15(14)19(21)20(23)17(24-2)11-18(21)22/h3-8,11,15-16,19H,9-10,12H2,1-2H3/t15-,16-,19+,21-/m0/s1. The van der Waals surface area contributed by atoms with E-state index in [0.29, 0.717) is 19.4 Å². The maximum Gasteiger partial charge on any atom is 0.202 e. The Morgan fingerprint density at radius 3 is 2.68 bits per heavy atom. The number of rotatable bonds is 2. The molecule has 3 aliphatic rings. The van der Waals surface area contributed by atoms with Crippen molar-refractivity contribution in [2.75, 3.05) is 13.7 Å². The highest BCUT2D eigenvalue weighted by Crippen LogP contribution is 2.53. The van der Waals surface area contributed by atoms with Crippen LogP contribution in [-0.4, -0.2) is 25.3 Å². The summed E-state index contributed by atoms with van der Waals surface area (Å²) in [6, 6.07) is 10.1. The molecule has 0 bridgehead atoms. The summed E-state index contributed by atoms with van der Waals surface area (Å²) in [5.74, 6) is -0.208. The number of fused-ring (bicyclic) bond motifs is 3. The van der Waals surface area contributed by atoms with Gasteiger partial charge in [0.25, 0.3) is 0 Å². The molecule has 0 saturated carbocycles. The molecule has 0 N–H and O–H groups in total. The van der Waals surface area contributed by atoms with Crippen molar-refractivity contribution in [2.45, 2.75) is 25.9 Å². The van der Waals surface area contributed by atoms with E-state index in [0.717, 1.165) is 11.1 Å². The van der Waals surface area contributed by atoms with Gasteiger partial charge in [0.05, 0.1) is 19.8 Å². The zero-order valence-electron chi connectivity index (χ0n) is 14.5. The minimum Gasteiger partial charge on any atom is -0.493 e. The van der Waals surface area contributed by atoms with Crippen LogP contribution in [0.4, 0.5) is 0 Å². The van der Waals surface area contributed by atoms with Gasteiger partial charge in [0.15, 0.2) is 11.5 Å². The summed E-state index contributed by atoms with van der Waals surface area (Å²) in [5.41, 5.74) is 1.59. The molecule has 25 heavy (non-hydrogen) atoms. The molecule has 0 unspecified atom stereocenters. The van der Waals surface area contributed by atoms with Crippen LogP contribution in [0.2, 0.25) is 0 Å². The van der Waals surface area contributed by atoms with E-state index in [1.807, 2.05) is 25.1 Å². The van der Waals surface area contributed by atoms with Crippen LogP contribution >= 0.6 is 0 Å². The molecule has 0 aromatic heterocycles. The third kappa shape index (κ3) is 2.47. The summed E-state index contributed by atoms with van der Waals surface area (Å²) >= 11 is 0. The minimum absolute atomic E-state index is 0.00740. The van der Waals surface area contributed by atoms with Crippen molar-refractivity contribution in [1.82, 2.24) is 0 Å². The van der Waals surface area contributed by atoms with Crippen LogP contribution in [0.5, 0.6) is 0 Å². The number of hydrogen-bond acceptors (Lipinski definition) is 4. The van der Waals surface area contributed by atoms with Gasteiger partial charge in [-0.1, -0.05) is 43.3 Å². The van der Waals surface area contributed by atoms with Crippen molar-refractivity contribution in [3.05, 3.63) is 59.4 Å². The van der Waals surface area contributed by atoms with E-state index < -0.39 is 5.41 Å². The molecule has 2 aliphatic carbocycles. The summed E-state index contributed by atoms with van der Waals surface area (Å²) in [6.07, 6.45) is 4.74. The highest BCUT2D eigenvalue weighted by molar-refractivity contribution is 6.11. The van der Waals surface area contributed by atoms with Crippen molar-refractivity contribution in [2.24, 2.45) is 17.3 Å². The van der Waals surface area contributed by atoms with Gasteiger partial charge in [-0.05, 0) is 29.9 Å². The summed E-state index contributed by atoms with van der Waals surface area (Å²) in [4.78, 5) is 25.7. The number of ether oxygens (including phenoxy) is 2. The normalized spacial score (nSPS) is 34.6. The second-order valence-corrected chi connectivity index (χ2v) is 7.37. The third-order valence-corrected chi connectivity index (χ3v) is 6.01. The molecular weight excluding hydrogens is 316 g/mol. The van der Waals surface area contributed by atoms with Gasteiger partial charge >= 0.3 is 0 Å². The Morgan fingerprint density at radius 1 is 1.20 bits per heavy atom. The second-order valence-electron chi connectivity index (χ2n) is 7.37. The smallest absolute Gasteiger partial charge is 0.202 e. The molecule has 0 spiro atoms. The lowest BCUT2D eigenvalue weighted by Gasteiger charge is -2.48. The number of allylic oxidation sites excluding steroid dienone is 3. The molecule has 4 heteroatoms. The van der Waals surface area contributed by atoms with Gasteiger partial charge in [-0.25, -0.2) is 0 Å². The maximum absolute atomic E-state index is 13.0. The van der Waals surface area contributed by atoms with Crippen molar-refractivity contribution in [3.8, 4) is 0 Å². The molecule has 4 rings (SSSR count). The van der Waals surface area contributed by atoms with Crippen LogP contribution in [0.3, 0.4) is 0 Å². The van der Waals surface area contributed by atoms with E-state index in [2.05, 4.69) is 18.2 Å². The molecule has 1 fully saturated rings. The van der Waals surface area contributed by atoms with Crippen LogP contribution in [0, 0.1) is 17.3 Å². The van der Waals surface area contributed by atoms with Gasteiger partial charge in [0.1, 0.15) is 0 Å². The number of carbonyl (C=O) groups excluding carboxylic acids is 2. The fourth-order valence-electron chi connectivity index (χ4n) is 4.52. The molecule has 1 heterocycles. The Labute approximate surface area is 147 Å². The largest absolute Gasteiger partial charge is 0.493 e. The van der Waals surface area contributed by atoms with E-state index in [-0.39, 0.29) is 35.3 Å². The van der Waals surface area contributed by atoms with Crippen molar-refractivity contribution in [3.63, 3.8) is 0 Å². The Hall–Kier alpha value is -2.20. The lowest BCUT2D eigenvalue weighted by molar-refractivity contribution is -0.143. The minimum atomic E-state index is -0.675. The maximum atomic E-state index is 13.0. The van der Waals surface area contributed by atoms with Crippen LogP contribution in [0.1, 0.15) is 31.4 Å². The number of methoxy groups -OCH3 is 1. The molecule has 0 amide bonds. The quantitative estimate of drug-likeness (QED) is 0.776. The van der Waals surface area contributed by atoms with Gasteiger partial charge < -0.3 is 9.47 Å². The zero-order valence-corrected chi connectivity index (χ0v) is 14.5. The molecule has 4 atom stereocenters. The number of hydrogen-bond donors (Lipinski definition) is 0. The predicted molar refractivity (Wildman–Crippen MR) is 92.6 cm³/mol. The fourth-order valence-corrected chi connectivity index (χ4v) is 4.52. The average Bonchev–Trinajstić information content (AvgIpc) is 2.64. The predicted octanol–water partition coefficient (Wildman–Crippen LogP) is 3.40. The SMILES string of the molecule is COC1=CC(=O)[C@]2(C)CC=C3CO[C@H](c4ccccc4)C[C@@H]3[C@@H]2C1=O. The summed E-state index contributed by atoms with van der Waals surface area (Å²) in [7, 11) is 1.45. The summed E-state index contributed by atoms with van der Waals surface area (Å²) in [5, 5.41) is 0. The molecule has 1 aliphatic heterocycles. The Kier molecular flexibility index (Phi) is 3.88. The van der Waals surface area contributed by atoms with Gasteiger partial charge in [-0.2, -0.15) is 0 Å². The lowest BCUT2D eigenvalue weighted by Crippen LogP contribution is -2.51. The van der Waals surface area contributed by atoms with Gasteiger partial charge in [0.2, 0.25) is 5.78 Å². The van der Waals surface area contributed by atoms with Gasteiger partial charge in [0, 0.05) is 17.4 Å². The first-order chi connectivity index (χ1) is 12.0. The van der Waals surface area contributed by atoms with E-state index in [1.54, 1.807) is 0 Å². The monoisotopic (exact) mass is 338 g/mol. The highest BCUT2D eigenvalue weighted by Gasteiger charge is 2.55. The zero-order chi connectivity index (χ0) is 17.6. The van der Waals surface area contributed by atoms with Crippen molar-refractivity contribution >= 4 is 11.6 Å². The lowest BCUT2D eigenvalue weighted by atomic mass is 9.56. The Bertz CT molecular complexity index is 776. The number of benzene rings is 1. The fraction of sp³-hybridized carbons (Fsp3) is 0.429. The summed E-state index contributed by atoms with van der Waals surface area (Å²) < 4.78 is 11.3. The topological polar surface area (TPSA) is 52.6 Å². The molecule has 4 nitrogen and oxygen atoms in total. The Balaban J connectivity index is 1.71. The highest BCUT2D eigenvalue weighted by atomic mass is 16.5. The molecule has 130 valence electrons.